The van der Waals surface area contributed by atoms with Gasteiger partial charge in [0.2, 0.25) is 0 Å². The van der Waals surface area contributed by atoms with Crippen LogP contribution in [0.5, 0.6) is 0 Å². The molecule has 0 N–H and O–H groups in total. The molecule has 4 heteroatoms. The smallest absolute Gasteiger partial charge is 0.166 e. The van der Waals surface area contributed by atoms with Gasteiger partial charge in [0.15, 0.2) is 0 Å². The molecule has 0 aromatic heterocycles. The van der Waals surface area contributed by atoms with Crippen molar-refractivity contribution in [2.24, 2.45) is 0 Å². The molecule has 0 bridgehead atoms. The van der Waals surface area contributed by atoms with E-state index in [1.54, 1.807) is 6.07 Å². The first-order chi connectivity index (χ1) is 6.48. The van der Waals surface area contributed by atoms with Gasteiger partial charge in [-0.3, -0.25) is 0 Å². The third-order valence-corrected chi connectivity index (χ3v) is 3.43. The Balaban J connectivity index is 2.45. The zero-order valence-corrected chi connectivity index (χ0v) is 8.82. The van der Waals surface area contributed by atoms with E-state index in [0.29, 0.717) is 0 Å². The number of alkyl halides is 4. The minimum Gasteiger partial charge on any atom is -0.166 e. The molecule has 1 aromatic carbocycles. The predicted molar refractivity (Wildman–Crippen MR) is 51.4 cm³/mol. The van der Waals surface area contributed by atoms with Crippen LogP contribution in [0, 0.1) is 0 Å². The van der Waals surface area contributed by atoms with Crippen molar-refractivity contribution in [1.29, 1.82) is 0 Å². The minimum absolute atomic E-state index is 0.0831. The van der Waals surface area contributed by atoms with Crippen LogP contribution in [-0.2, 0) is 12.6 Å². The highest BCUT2D eigenvalue weighted by Gasteiger charge is 2.32. The van der Waals surface area contributed by atoms with Crippen molar-refractivity contribution in [1.82, 2.24) is 0 Å². The highest BCUT2D eigenvalue weighted by atomic mass is 79.9. The molecule has 0 saturated heterocycles. The van der Waals surface area contributed by atoms with Gasteiger partial charge in [-0.05, 0) is 36.1 Å². The van der Waals surface area contributed by atoms with Gasteiger partial charge in [0, 0.05) is 4.83 Å². The molecule has 1 atom stereocenters. The Hall–Kier alpha value is -0.510. The molecule has 76 valence electrons. The van der Waals surface area contributed by atoms with Gasteiger partial charge in [0.1, 0.15) is 0 Å². The Bertz CT molecular complexity index is 357. The Morgan fingerprint density at radius 1 is 1.29 bits per heavy atom. The lowest BCUT2D eigenvalue weighted by Gasteiger charge is -2.09. The molecule has 1 unspecified atom stereocenters. The van der Waals surface area contributed by atoms with Gasteiger partial charge in [-0.2, -0.15) is 13.2 Å². The molecule has 0 amide bonds. The number of benzene rings is 1. The highest BCUT2D eigenvalue weighted by Crippen LogP contribution is 2.40. The summed E-state index contributed by atoms with van der Waals surface area (Å²) in [4.78, 5) is 0.0831. The van der Waals surface area contributed by atoms with E-state index in [-0.39, 0.29) is 4.83 Å². The van der Waals surface area contributed by atoms with Crippen molar-refractivity contribution in [3.8, 4) is 0 Å². The van der Waals surface area contributed by atoms with Crippen molar-refractivity contribution in [2.45, 2.75) is 23.8 Å². The fraction of sp³-hybridized carbons (Fsp3) is 0.400. The van der Waals surface area contributed by atoms with Gasteiger partial charge >= 0.3 is 6.18 Å². The monoisotopic (exact) mass is 264 g/mol. The summed E-state index contributed by atoms with van der Waals surface area (Å²) in [5.41, 5.74) is 1.27. The Labute approximate surface area is 88.2 Å². The number of aryl methyl sites for hydroxylation is 1. The number of hydrogen-bond donors (Lipinski definition) is 0. The molecule has 1 aliphatic rings. The maximum Gasteiger partial charge on any atom is 0.416 e. The van der Waals surface area contributed by atoms with Gasteiger partial charge in [0.05, 0.1) is 5.56 Å². The van der Waals surface area contributed by atoms with Crippen LogP contribution in [0.3, 0.4) is 0 Å². The molecule has 0 radical (unpaired) electrons. The summed E-state index contributed by atoms with van der Waals surface area (Å²) in [6.07, 6.45) is -2.48. The van der Waals surface area contributed by atoms with Crippen molar-refractivity contribution in [2.75, 3.05) is 0 Å². The van der Waals surface area contributed by atoms with Crippen LogP contribution in [0.1, 0.15) is 27.9 Å². The van der Waals surface area contributed by atoms with Crippen LogP contribution in [0.4, 0.5) is 13.2 Å². The molecule has 0 heterocycles. The van der Waals surface area contributed by atoms with Crippen molar-refractivity contribution in [3.05, 3.63) is 34.9 Å². The second kappa shape index (κ2) is 3.26. The summed E-state index contributed by atoms with van der Waals surface area (Å²) in [7, 11) is 0. The van der Waals surface area contributed by atoms with Gasteiger partial charge in [-0.1, -0.05) is 22.0 Å². The summed E-state index contributed by atoms with van der Waals surface area (Å²) in [5, 5.41) is 0. The second-order valence-corrected chi connectivity index (χ2v) is 4.52. The van der Waals surface area contributed by atoms with E-state index in [1.807, 2.05) is 0 Å². The van der Waals surface area contributed by atoms with E-state index in [2.05, 4.69) is 15.9 Å². The lowest BCUT2D eigenvalue weighted by Crippen LogP contribution is -2.05. The van der Waals surface area contributed by atoms with Crippen LogP contribution in [0.2, 0.25) is 0 Å². The van der Waals surface area contributed by atoms with Crippen molar-refractivity contribution >= 4 is 15.9 Å². The molecule has 0 nitrogen and oxygen atoms in total. The highest BCUT2D eigenvalue weighted by molar-refractivity contribution is 9.09. The first kappa shape index (κ1) is 10.0. The van der Waals surface area contributed by atoms with E-state index in [9.17, 15) is 13.2 Å². The number of halogens is 4. The maximum absolute atomic E-state index is 12.4. The minimum atomic E-state index is -4.23. The zero-order chi connectivity index (χ0) is 10.3. The second-order valence-electron chi connectivity index (χ2n) is 3.42. The van der Waals surface area contributed by atoms with E-state index < -0.39 is 11.7 Å². The molecule has 0 aliphatic heterocycles. The van der Waals surface area contributed by atoms with Crippen LogP contribution < -0.4 is 0 Å². The first-order valence-electron chi connectivity index (χ1n) is 4.32. The van der Waals surface area contributed by atoms with E-state index in [1.165, 1.54) is 6.07 Å². The average Bonchev–Trinajstić information content (AvgIpc) is 2.46. The largest absolute Gasteiger partial charge is 0.416 e. The van der Waals surface area contributed by atoms with Crippen LogP contribution >= 0.6 is 15.9 Å². The molecule has 0 saturated carbocycles. The van der Waals surface area contributed by atoms with Crippen molar-refractivity contribution < 1.29 is 13.2 Å². The van der Waals surface area contributed by atoms with Gasteiger partial charge < -0.3 is 0 Å². The Morgan fingerprint density at radius 2 is 2.00 bits per heavy atom. The molecule has 14 heavy (non-hydrogen) atoms. The molecule has 1 aliphatic carbocycles. The average molecular weight is 265 g/mol. The third-order valence-electron chi connectivity index (χ3n) is 2.48. The van der Waals surface area contributed by atoms with Gasteiger partial charge in [0.25, 0.3) is 0 Å². The number of rotatable bonds is 0. The normalized spacial score (nSPS) is 21.0. The van der Waals surface area contributed by atoms with E-state index >= 15 is 0 Å². The van der Waals surface area contributed by atoms with E-state index in [4.69, 9.17) is 0 Å². The molecular weight excluding hydrogens is 257 g/mol. The fourth-order valence-electron chi connectivity index (χ4n) is 1.73. The summed E-state index contributed by atoms with van der Waals surface area (Å²) >= 11 is 3.37. The molecular formula is C10H8BrF3. The van der Waals surface area contributed by atoms with Gasteiger partial charge in [-0.25, -0.2) is 0 Å². The number of hydrogen-bond acceptors (Lipinski definition) is 0. The van der Waals surface area contributed by atoms with Crippen LogP contribution in [-0.4, -0.2) is 0 Å². The summed E-state index contributed by atoms with van der Waals surface area (Å²) in [5.74, 6) is 0. The first-order valence-corrected chi connectivity index (χ1v) is 5.24. The van der Waals surface area contributed by atoms with Crippen LogP contribution in [0.25, 0.3) is 0 Å². The van der Waals surface area contributed by atoms with Crippen molar-refractivity contribution in [3.63, 3.8) is 0 Å². The summed E-state index contributed by atoms with van der Waals surface area (Å²) in [6, 6.07) is 3.99. The summed E-state index contributed by atoms with van der Waals surface area (Å²) < 4.78 is 37.1. The Morgan fingerprint density at radius 3 is 2.64 bits per heavy atom. The lowest BCUT2D eigenvalue weighted by atomic mass is 10.1. The zero-order valence-electron chi connectivity index (χ0n) is 7.24. The SMILES string of the molecule is FC(F)(F)c1ccc2c(c1)C(Br)CC2. The number of fused-ring (bicyclic) bond motifs is 1. The van der Waals surface area contributed by atoms with Crippen LogP contribution in [0.15, 0.2) is 18.2 Å². The topological polar surface area (TPSA) is 0 Å². The standard InChI is InChI=1S/C10H8BrF3/c11-9-4-2-6-1-3-7(5-8(6)9)10(12,13)14/h1,3,5,9H,2,4H2. The quantitative estimate of drug-likeness (QED) is 0.620. The summed E-state index contributed by atoms with van der Waals surface area (Å²) in [6.45, 7) is 0. The molecule has 1 aromatic rings. The van der Waals surface area contributed by atoms with Gasteiger partial charge in [-0.15, -0.1) is 0 Å². The van der Waals surface area contributed by atoms with E-state index in [0.717, 1.165) is 30.0 Å². The Kier molecular flexibility index (Phi) is 2.33. The molecule has 0 fully saturated rings. The fourth-order valence-corrected chi connectivity index (χ4v) is 2.38. The maximum atomic E-state index is 12.4. The molecule has 0 spiro atoms. The lowest BCUT2D eigenvalue weighted by molar-refractivity contribution is -0.137. The third kappa shape index (κ3) is 1.67. The molecule has 2 rings (SSSR count). The predicted octanol–water partition coefficient (Wildman–Crippen LogP) is 4.09.